The lowest BCUT2D eigenvalue weighted by Gasteiger charge is -2.34. The van der Waals surface area contributed by atoms with E-state index in [0.29, 0.717) is 21.9 Å². The van der Waals surface area contributed by atoms with Gasteiger partial charge in [0, 0.05) is 49.2 Å². The SMILES string of the molecule is CCOC(=O)c1c(-c2ccc(C)o2)csc1NC(=O)CN1CCN(Cc2cc(OC)ccc2OC)CC1. The number of rotatable bonds is 10. The summed E-state index contributed by atoms with van der Waals surface area (Å²) >= 11 is 1.29. The lowest BCUT2D eigenvalue weighted by atomic mass is 10.1. The second kappa shape index (κ2) is 12.3. The molecule has 9 nitrogen and oxygen atoms in total. The highest BCUT2D eigenvalue weighted by molar-refractivity contribution is 7.15. The van der Waals surface area contributed by atoms with E-state index in [9.17, 15) is 9.59 Å². The molecule has 37 heavy (non-hydrogen) atoms. The van der Waals surface area contributed by atoms with Gasteiger partial charge in [0.2, 0.25) is 5.91 Å². The summed E-state index contributed by atoms with van der Waals surface area (Å²) in [5.74, 6) is 2.29. The first kappa shape index (κ1) is 26.7. The van der Waals surface area contributed by atoms with Crippen LogP contribution in [-0.4, -0.2) is 75.2 Å². The normalized spacial score (nSPS) is 14.4. The van der Waals surface area contributed by atoms with Crippen LogP contribution in [0.1, 0.15) is 28.6 Å². The first-order chi connectivity index (χ1) is 17.9. The molecule has 1 fully saturated rings. The van der Waals surface area contributed by atoms with Crippen molar-refractivity contribution in [2.45, 2.75) is 20.4 Å². The standard InChI is InChI=1S/C27H33N3O6S/c1-5-35-27(32)25-21(23-8-6-18(2)36-23)17-37-26(25)28-24(31)16-30-12-10-29(11-13-30)15-19-14-20(33-3)7-9-22(19)34-4/h6-9,14,17H,5,10-13,15-16H2,1-4H3,(H,28,31). The quantitative estimate of drug-likeness (QED) is 0.391. The van der Waals surface area contributed by atoms with E-state index in [0.717, 1.165) is 55.5 Å². The van der Waals surface area contributed by atoms with Gasteiger partial charge in [0.25, 0.3) is 0 Å². The van der Waals surface area contributed by atoms with E-state index in [1.165, 1.54) is 11.3 Å². The average Bonchev–Trinajstić information content (AvgIpc) is 3.51. The van der Waals surface area contributed by atoms with Crippen LogP contribution in [0.2, 0.25) is 0 Å². The van der Waals surface area contributed by atoms with Gasteiger partial charge in [0.15, 0.2) is 0 Å². The third-order valence-electron chi connectivity index (χ3n) is 6.24. The van der Waals surface area contributed by atoms with Crippen LogP contribution in [0.15, 0.2) is 40.1 Å². The van der Waals surface area contributed by atoms with Gasteiger partial charge in [-0.3, -0.25) is 14.6 Å². The molecule has 0 aliphatic carbocycles. The first-order valence-electron chi connectivity index (χ1n) is 12.2. The van der Waals surface area contributed by atoms with E-state index in [-0.39, 0.29) is 19.1 Å². The van der Waals surface area contributed by atoms with Gasteiger partial charge in [-0.15, -0.1) is 11.3 Å². The lowest BCUT2D eigenvalue weighted by Crippen LogP contribution is -2.48. The molecular weight excluding hydrogens is 494 g/mol. The van der Waals surface area contributed by atoms with Gasteiger partial charge < -0.3 is 23.9 Å². The summed E-state index contributed by atoms with van der Waals surface area (Å²) in [5, 5.41) is 5.20. The Morgan fingerprint density at radius 3 is 2.46 bits per heavy atom. The van der Waals surface area contributed by atoms with Crippen molar-refractivity contribution in [3.05, 3.63) is 52.6 Å². The Hall–Kier alpha value is -3.34. The number of nitrogens with zero attached hydrogens (tertiary/aromatic N) is 2. The zero-order valence-electron chi connectivity index (χ0n) is 21.7. The molecule has 0 bridgehead atoms. The minimum Gasteiger partial charge on any atom is -0.497 e. The number of amides is 1. The van der Waals surface area contributed by atoms with E-state index in [1.807, 2.05) is 42.6 Å². The fourth-order valence-corrected chi connectivity index (χ4v) is 5.29. The van der Waals surface area contributed by atoms with Gasteiger partial charge in [0.1, 0.15) is 33.6 Å². The molecule has 1 aliphatic rings. The van der Waals surface area contributed by atoms with E-state index in [1.54, 1.807) is 21.1 Å². The molecule has 0 atom stereocenters. The van der Waals surface area contributed by atoms with E-state index in [2.05, 4.69) is 15.1 Å². The molecule has 198 valence electrons. The molecule has 0 spiro atoms. The fourth-order valence-electron chi connectivity index (χ4n) is 4.34. The topological polar surface area (TPSA) is 93.5 Å². The zero-order chi connectivity index (χ0) is 26.4. The Kier molecular flexibility index (Phi) is 8.86. The van der Waals surface area contributed by atoms with Crippen LogP contribution < -0.4 is 14.8 Å². The highest BCUT2D eigenvalue weighted by Gasteiger charge is 2.26. The molecule has 3 aromatic rings. The highest BCUT2D eigenvalue weighted by Crippen LogP contribution is 2.37. The van der Waals surface area contributed by atoms with Gasteiger partial charge in [-0.25, -0.2) is 4.79 Å². The van der Waals surface area contributed by atoms with Crippen molar-refractivity contribution in [2.75, 3.05) is 58.9 Å². The van der Waals surface area contributed by atoms with Crippen molar-refractivity contribution in [1.29, 1.82) is 0 Å². The zero-order valence-corrected chi connectivity index (χ0v) is 22.5. The van der Waals surface area contributed by atoms with Crippen molar-refractivity contribution in [3.63, 3.8) is 0 Å². The van der Waals surface area contributed by atoms with Gasteiger partial charge in [-0.1, -0.05) is 0 Å². The maximum atomic E-state index is 12.9. The molecule has 1 N–H and O–H groups in total. The number of methoxy groups -OCH3 is 2. The third-order valence-corrected chi connectivity index (χ3v) is 7.14. The Bertz CT molecular complexity index is 1230. The van der Waals surface area contributed by atoms with Crippen LogP contribution in [-0.2, 0) is 16.1 Å². The summed E-state index contributed by atoms with van der Waals surface area (Å²) in [6.07, 6.45) is 0. The molecule has 1 saturated heterocycles. The van der Waals surface area contributed by atoms with Gasteiger partial charge in [0.05, 0.1) is 27.4 Å². The van der Waals surface area contributed by atoms with Gasteiger partial charge in [-0.05, 0) is 44.2 Å². The molecule has 1 amide bonds. The van der Waals surface area contributed by atoms with Crippen molar-refractivity contribution < 1.29 is 28.2 Å². The fraction of sp³-hybridized carbons (Fsp3) is 0.407. The number of carbonyl (C=O) groups is 2. The first-order valence-corrected chi connectivity index (χ1v) is 13.1. The second-order valence-electron chi connectivity index (χ2n) is 8.76. The molecule has 0 radical (unpaired) electrons. The van der Waals surface area contributed by atoms with Crippen LogP contribution >= 0.6 is 11.3 Å². The monoisotopic (exact) mass is 527 g/mol. The number of esters is 1. The van der Waals surface area contributed by atoms with E-state index in [4.69, 9.17) is 18.6 Å². The second-order valence-corrected chi connectivity index (χ2v) is 9.64. The molecule has 3 heterocycles. The molecule has 0 saturated carbocycles. The van der Waals surface area contributed by atoms with Crippen LogP contribution in [0.4, 0.5) is 5.00 Å². The lowest BCUT2D eigenvalue weighted by molar-refractivity contribution is -0.117. The molecule has 10 heteroatoms. The molecular formula is C27H33N3O6S. The number of nitrogens with one attached hydrogen (secondary N) is 1. The van der Waals surface area contributed by atoms with Crippen molar-refractivity contribution in [1.82, 2.24) is 9.80 Å². The number of aryl methyl sites for hydroxylation is 1. The van der Waals surface area contributed by atoms with Crippen molar-refractivity contribution in [3.8, 4) is 22.8 Å². The number of thiophene rings is 1. The van der Waals surface area contributed by atoms with Gasteiger partial charge >= 0.3 is 5.97 Å². The largest absolute Gasteiger partial charge is 0.497 e. The maximum absolute atomic E-state index is 12.9. The molecule has 1 aliphatic heterocycles. The molecule has 2 aromatic heterocycles. The Balaban J connectivity index is 1.36. The summed E-state index contributed by atoms with van der Waals surface area (Å²) < 4.78 is 21.8. The smallest absolute Gasteiger partial charge is 0.341 e. The third kappa shape index (κ3) is 6.51. The number of hydrogen-bond donors (Lipinski definition) is 1. The molecule has 0 unspecified atom stereocenters. The summed E-state index contributed by atoms with van der Waals surface area (Å²) in [7, 11) is 3.32. The minimum absolute atomic E-state index is 0.169. The summed E-state index contributed by atoms with van der Waals surface area (Å²) in [6, 6.07) is 9.45. The van der Waals surface area contributed by atoms with Crippen LogP contribution in [0.5, 0.6) is 11.5 Å². The van der Waals surface area contributed by atoms with Gasteiger partial charge in [-0.2, -0.15) is 0 Å². The van der Waals surface area contributed by atoms with E-state index >= 15 is 0 Å². The minimum atomic E-state index is -0.482. The number of furan rings is 1. The maximum Gasteiger partial charge on any atom is 0.341 e. The number of hydrogen-bond acceptors (Lipinski definition) is 9. The van der Waals surface area contributed by atoms with Crippen molar-refractivity contribution >= 4 is 28.2 Å². The average molecular weight is 528 g/mol. The van der Waals surface area contributed by atoms with Crippen LogP contribution in [0.25, 0.3) is 11.3 Å². The highest BCUT2D eigenvalue weighted by atomic mass is 32.1. The number of ether oxygens (including phenoxy) is 3. The summed E-state index contributed by atoms with van der Waals surface area (Å²) in [5.41, 5.74) is 2.01. The molecule has 1 aromatic carbocycles. The van der Waals surface area contributed by atoms with Crippen molar-refractivity contribution in [2.24, 2.45) is 0 Å². The Morgan fingerprint density at radius 1 is 1.05 bits per heavy atom. The summed E-state index contributed by atoms with van der Waals surface area (Å²) in [6.45, 7) is 7.98. The predicted octanol–water partition coefficient (Wildman–Crippen LogP) is 4.27. The Morgan fingerprint density at radius 2 is 1.81 bits per heavy atom. The van der Waals surface area contributed by atoms with Crippen LogP contribution in [0, 0.1) is 6.92 Å². The predicted molar refractivity (Wildman–Crippen MR) is 143 cm³/mol. The number of carbonyl (C=O) groups excluding carboxylic acids is 2. The number of anilines is 1. The van der Waals surface area contributed by atoms with Crippen LogP contribution in [0.3, 0.4) is 0 Å². The Labute approximate surface area is 220 Å². The summed E-state index contributed by atoms with van der Waals surface area (Å²) in [4.78, 5) is 30.1. The number of piperazine rings is 1. The van der Waals surface area contributed by atoms with E-state index < -0.39 is 5.97 Å². The molecule has 4 rings (SSSR count). The number of benzene rings is 1.